The number of halogens is 2. The minimum absolute atomic E-state index is 0. The summed E-state index contributed by atoms with van der Waals surface area (Å²) < 4.78 is 10.7. The minimum Gasteiger partial charge on any atom is -0.493 e. The molecule has 1 saturated heterocycles. The zero-order chi connectivity index (χ0) is 20.6. The summed E-state index contributed by atoms with van der Waals surface area (Å²) in [5, 5.41) is 7.70. The molecule has 1 aliphatic heterocycles. The Hall–Kier alpha value is -1.87. The summed E-state index contributed by atoms with van der Waals surface area (Å²) in [5.74, 6) is 2.31. The molecule has 6 nitrogen and oxygen atoms in total. The van der Waals surface area contributed by atoms with E-state index >= 15 is 0 Å². The number of hydrogen-bond donors (Lipinski definition) is 2. The predicted octanol–water partition coefficient (Wildman–Crippen LogP) is 3.96. The minimum atomic E-state index is 0. The molecule has 1 heterocycles. The van der Waals surface area contributed by atoms with E-state index in [1.807, 2.05) is 30.3 Å². The Balaban J connectivity index is 0.00000320. The molecule has 0 spiro atoms. The van der Waals surface area contributed by atoms with Crippen LogP contribution in [0.4, 0.5) is 5.69 Å². The Labute approximate surface area is 201 Å². The molecule has 2 N–H and O–H groups in total. The summed E-state index contributed by atoms with van der Waals surface area (Å²) in [6.07, 6.45) is 1.92. The van der Waals surface area contributed by atoms with Crippen molar-refractivity contribution in [1.82, 2.24) is 10.6 Å². The topological polar surface area (TPSA) is 58.1 Å². The maximum Gasteiger partial charge on any atom is 0.191 e. The van der Waals surface area contributed by atoms with Gasteiger partial charge < -0.3 is 25.0 Å². The van der Waals surface area contributed by atoms with Crippen LogP contribution < -0.4 is 25.0 Å². The maximum absolute atomic E-state index is 6.12. The fourth-order valence-electron chi connectivity index (χ4n) is 3.53. The standard InChI is InChI=1S/C22H29ClN4O2.HI/c1-24-22(25-11-9-16-7-8-20(28-2)21(13-16)29-3)26-18-10-12-27(15-18)19-6-4-5-17(23)14-19;/h4-8,13-14,18H,9-12,15H2,1-3H3,(H2,24,25,26);1H. The van der Waals surface area contributed by atoms with Crippen molar-refractivity contribution in [3.63, 3.8) is 0 Å². The van der Waals surface area contributed by atoms with Crippen LogP contribution in [-0.4, -0.2) is 52.9 Å². The number of nitrogens with one attached hydrogen (secondary N) is 2. The summed E-state index contributed by atoms with van der Waals surface area (Å²) in [5.41, 5.74) is 2.34. The molecule has 0 radical (unpaired) electrons. The van der Waals surface area contributed by atoms with Gasteiger partial charge in [-0.2, -0.15) is 0 Å². The SMILES string of the molecule is CN=C(NCCc1ccc(OC)c(OC)c1)NC1CCN(c2cccc(Cl)c2)C1.I. The van der Waals surface area contributed by atoms with Crippen molar-refractivity contribution >= 4 is 47.2 Å². The Kier molecular flexibility index (Phi) is 9.84. The van der Waals surface area contributed by atoms with Crippen LogP contribution >= 0.6 is 35.6 Å². The van der Waals surface area contributed by atoms with E-state index in [4.69, 9.17) is 21.1 Å². The Morgan fingerprint density at radius 3 is 2.67 bits per heavy atom. The molecule has 0 bridgehead atoms. The third-order valence-electron chi connectivity index (χ3n) is 5.08. The van der Waals surface area contributed by atoms with Crippen molar-refractivity contribution in [2.24, 2.45) is 4.99 Å². The second-order valence-corrected chi connectivity index (χ2v) is 7.43. The van der Waals surface area contributed by atoms with Gasteiger partial charge in [-0.3, -0.25) is 4.99 Å². The number of guanidine groups is 1. The second-order valence-electron chi connectivity index (χ2n) is 6.99. The van der Waals surface area contributed by atoms with Crippen molar-refractivity contribution in [3.8, 4) is 11.5 Å². The van der Waals surface area contributed by atoms with E-state index in [1.165, 1.54) is 5.56 Å². The molecule has 1 unspecified atom stereocenters. The Morgan fingerprint density at radius 2 is 1.97 bits per heavy atom. The summed E-state index contributed by atoms with van der Waals surface area (Å²) in [7, 11) is 5.10. The molecule has 0 amide bonds. The maximum atomic E-state index is 6.12. The average Bonchev–Trinajstić information content (AvgIpc) is 3.21. The van der Waals surface area contributed by atoms with E-state index in [0.717, 1.165) is 60.6 Å². The molecule has 3 rings (SSSR count). The first kappa shape index (κ1) is 24.4. The number of aliphatic imine (C=N–C) groups is 1. The molecular weight excluding hydrogens is 515 g/mol. The highest BCUT2D eigenvalue weighted by molar-refractivity contribution is 14.0. The molecule has 1 fully saturated rings. The lowest BCUT2D eigenvalue weighted by molar-refractivity contribution is 0.354. The zero-order valence-corrected chi connectivity index (χ0v) is 20.7. The summed E-state index contributed by atoms with van der Waals surface area (Å²) >= 11 is 6.12. The van der Waals surface area contributed by atoms with Crippen molar-refractivity contribution in [3.05, 3.63) is 53.1 Å². The van der Waals surface area contributed by atoms with Crippen molar-refractivity contribution in [1.29, 1.82) is 0 Å². The Morgan fingerprint density at radius 1 is 1.17 bits per heavy atom. The molecule has 30 heavy (non-hydrogen) atoms. The van der Waals surface area contributed by atoms with E-state index in [-0.39, 0.29) is 24.0 Å². The molecular formula is C22H30ClIN4O2. The van der Waals surface area contributed by atoms with E-state index < -0.39 is 0 Å². The molecule has 0 aromatic heterocycles. The van der Waals surface area contributed by atoms with Crippen LogP contribution in [0.2, 0.25) is 5.02 Å². The lowest BCUT2D eigenvalue weighted by Gasteiger charge is -2.20. The van der Waals surface area contributed by atoms with Crippen molar-refractivity contribution in [2.75, 3.05) is 45.8 Å². The first-order valence-corrected chi connectivity index (χ1v) is 10.2. The molecule has 0 aliphatic carbocycles. The number of hydrogen-bond acceptors (Lipinski definition) is 4. The van der Waals surface area contributed by atoms with Gasteiger partial charge in [0.05, 0.1) is 14.2 Å². The number of nitrogens with zero attached hydrogens (tertiary/aromatic N) is 2. The van der Waals surface area contributed by atoms with Crippen LogP contribution in [0, 0.1) is 0 Å². The van der Waals surface area contributed by atoms with Gasteiger partial charge >= 0.3 is 0 Å². The van der Waals surface area contributed by atoms with Gasteiger partial charge in [0.15, 0.2) is 17.5 Å². The van der Waals surface area contributed by atoms with Crippen LogP contribution in [0.15, 0.2) is 47.5 Å². The van der Waals surface area contributed by atoms with Gasteiger partial charge in [-0.05, 0) is 48.7 Å². The molecule has 2 aromatic carbocycles. The number of anilines is 1. The third-order valence-corrected chi connectivity index (χ3v) is 5.32. The smallest absolute Gasteiger partial charge is 0.191 e. The van der Waals surface area contributed by atoms with Gasteiger partial charge in [0.1, 0.15) is 0 Å². The van der Waals surface area contributed by atoms with Crippen LogP contribution in [0.3, 0.4) is 0 Å². The first-order chi connectivity index (χ1) is 14.1. The number of methoxy groups -OCH3 is 2. The summed E-state index contributed by atoms with van der Waals surface area (Å²) in [4.78, 5) is 6.71. The van der Waals surface area contributed by atoms with E-state index in [9.17, 15) is 0 Å². The monoisotopic (exact) mass is 544 g/mol. The molecule has 1 atom stereocenters. The zero-order valence-electron chi connectivity index (χ0n) is 17.7. The number of rotatable bonds is 7. The van der Waals surface area contributed by atoms with Crippen molar-refractivity contribution < 1.29 is 9.47 Å². The molecule has 2 aromatic rings. The fourth-order valence-corrected chi connectivity index (χ4v) is 3.72. The lowest BCUT2D eigenvalue weighted by atomic mass is 10.1. The number of benzene rings is 2. The van der Waals surface area contributed by atoms with Gasteiger partial charge in [0, 0.05) is 43.4 Å². The lowest BCUT2D eigenvalue weighted by Crippen LogP contribution is -2.45. The highest BCUT2D eigenvalue weighted by atomic mass is 127. The van der Waals surface area contributed by atoms with Gasteiger partial charge in [-0.15, -0.1) is 24.0 Å². The number of ether oxygens (including phenoxy) is 2. The highest BCUT2D eigenvalue weighted by Gasteiger charge is 2.23. The van der Waals surface area contributed by atoms with Gasteiger partial charge in [0.25, 0.3) is 0 Å². The second kappa shape index (κ2) is 12.1. The normalized spacial score (nSPS) is 16.1. The quantitative estimate of drug-likeness (QED) is 0.314. The molecule has 0 saturated carbocycles. The average molecular weight is 545 g/mol. The van der Waals surface area contributed by atoms with Crippen LogP contribution in [0.25, 0.3) is 0 Å². The highest BCUT2D eigenvalue weighted by Crippen LogP contribution is 2.27. The largest absolute Gasteiger partial charge is 0.493 e. The van der Waals surface area contributed by atoms with E-state index in [0.29, 0.717) is 6.04 Å². The summed E-state index contributed by atoms with van der Waals surface area (Å²) in [6, 6.07) is 14.4. The fraction of sp³-hybridized carbons (Fsp3) is 0.409. The van der Waals surface area contributed by atoms with Crippen molar-refractivity contribution in [2.45, 2.75) is 18.9 Å². The van der Waals surface area contributed by atoms with Crippen LogP contribution in [0.5, 0.6) is 11.5 Å². The Bertz CT molecular complexity index is 850. The van der Waals surface area contributed by atoms with E-state index in [2.05, 4.69) is 32.7 Å². The van der Waals surface area contributed by atoms with Gasteiger partial charge in [0.2, 0.25) is 0 Å². The van der Waals surface area contributed by atoms with E-state index in [1.54, 1.807) is 21.3 Å². The summed E-state index contributed by atoms with van der Waals surface area (Å²) in [6.45, 7) is 2.71. The molecule has 164 valence electrons. The van der Waals surface area contributed by atoms with Gasteiger partial charge in [-0.1, -0.05) is 23.7 Å². The van der Waals surface area contributed by atoms with Crippen LogP contribution in [0.1, 0.15) is 12.0 Å². The first-order valence-electron chi connectivity index (χ1n) is 9.81. The molecule has 1 aliphatic rings. The predicted molar refractivity (Wildman–Crippen MR) is 135 cm³/mol. The molecule has 8 heteroatoms. The third kappa shape index (κ3) is 6.57. The van der Waals surface area contributed by atoms with Crippen LogP contribution in [-0.2, 0) is 6.42 Å². The van der Waals surface area contributed by atoms with Gasteiger partial charge in [-0.25, -0.2) is 0 Å².